The molecule has 0 aliphatic rings. The minimum absolute atomic E-state index is 0.133. The lowest BCUT2D eigenvalue weighted by molar-refractivity contribution is 0.224. The van der Waals surface area contributed by atoms with Crippen LogP contribution in [0.15, 0.2) is 25.6 Å². The number of anilines is 1. The van der Waals surface area contributed by atoms with E-state index < -0.39 is 0 Å². The van der Waals surface area contributed by atoms with Crippen LogP contribution in [0.3, 0.4) is 0 Å². The van der Waals surface area contributed by atoms with Crippen LogP contribution < -0.4 is 5.32 Å². The number of nitrogens with zero attached hydrogens (tertiary/aromatic N) is 1. The summed E-state index contributed by atoms with van der Waals surface area (Å²) in [5.41, 5.74) is 0.730. The van der Waals surface area contributed by atoms with Gasteiger partial charge < -0.3 is 10.2 Å². The minimum Gasteiger partial charge on any atom is -0.328 e. The number of rotatable bonds is 2. The van der Waals surface area contributed by atoms with Crippen LogP contribution in [-0.4, -0.2) is 24.5 Å². The van der Waals surface area contributed by atoms with Gasteiger partial charge in [0, 0.05) is 27.0 Å². The zero-order valence-corrected chi connectivity index (χ0v) is 13.6. The SMILES string of the molecule is CCN(C)C(=O)Nc1c(Br)cc(Br)cc1Br. The summed E-state index contributed by atoms with van der Waals surface area (Å²) in [5, 5.41) is 2.83. The number of carbonyl (C=O) groups excluding carboxylic acids is 1. The van der Waals surface area contributed by atoms with Gasteiger partial charge in [0.1, 0.15) is 0 Å². The second kappa shape index (κ2) is 6.02. The summed E-state index contributed by atoms with van der Waals surface area (Å²) in [6.07, 6.45) is 0. The van der Waals surface area contributed by atoms with Gasteiger partial charge >= 0.3 is 6.03 Å². The van der Waals surface area contributed by atoms with E-state index in [2.05, 4.69) is 53.1 Å². The largest absolute Gasteiger partial charge is 0.328 e. The Bertz CT molecular complexity index is 386. The van der Waals surface area contributed by atoms with Crippen LogP contribution in [0.1, 0.15) is 6.92 Å². The Labute approximate surface area is 120 Å². The van der Waals surface area contributed by atoms with Crippen molar-refractivity contribution < 1.29 is 4.79 Å². The molecule has 0 aliphatic heterocycles. The molecule has 0 unspecified atom stereocenters. The molecule has 0 aromatic heterocycles. The molecule has 1 rings (SSSR count). The standard InChI is InChI=1S/C10H11Br3N2O/c1-3-15(2)10(16)14-9-7(12)4-6(11)5-8(9)13/h4-5H,3H2,1-2H3,(H,14,16). The highest BCUT2D eigenvalue weighted by molar-refractivity contribution is 9.11. The second-order valence-corrected chi connectivity index (χ2v) is 5.81. The van der Waals surface area contributed by atoms with Crippen molar-refractivity contribution in [1.29, 1.82) is 0 Å². The van der Waals surface area contributed by atoms with Crippen LogP contribution in [0.4, 0.5) is 10.5 Å². The Morgan fingerprint density at radius 3 is 2.25 bits per heavy atom. The van der Waals surface area contributed by atoms with Crippen LogP contribution in [0.25, 0.3) is 0 Å². The topological polar surface area (TPSA) is 32.3 Å². The van der Waals surface area contributed by atoms with E-state index >= 15 is 0 Å². The fraction of sp³-hybridized carbons (Fsp3) is 0.300. The molecule has 1 aromatic carbocycles. The molecule has 0 spiro atoms. The third-order valence-electron chi connectivity index (χ3n) is 2.06. The molecule has 0 saturated heterocycles. The summed E-state index contributed by atoms with van der Waals surface area (Å²) < 4.78 is 2.59. The van der Waals surface area contributed by atoms with Crippen LogP contribution in [0.5, 0.6) is 0 Å². The fourth-order valence-electron chi connectivity index (χ4n) is 1.01. The number of urea groups is 1. The lowest BCUT2D eigenvalue weighted by Gasteiger charge is -2.17. The lowest BCUT2D eigenvalue weighted by atomic mass is 10.3. The molecule has 3 nitrogen and oxygen atoms in total. The number of hydrogen-bond donors (Lipinski definition) is 1. The van der Waals surface area contributed by atoms with E-state index in [9.17, 15) is 4.79 Å². The zero-order valence-electron chi connectivity index (χ0n) is 8.85. The molecule has 1 aromatic rings. The number of nitrogens with one attached hydrogen (secondary N) is 1. The van der Waals surface area contributed by atoms with Crippen molar-refractivity contribution in [1.82, 2.24) is 4.90 Å². The normalized spacial score (nSPS) is 10.1. The van der Waals surface area contributed by atoms with Crippen LogP contribution in [0, 0.1) is 0 Å². The molecular formula is C10H11Br3N2O. The number of carbonyl (C=O) groups is 1. The van der Waals surface area contributed by atoms with Gasteiger partial charge in [-0.05, 0) is 50.9 Å². The molecule has 1 N–H and O–H groups in total. The monoisotopic (exact) mass is 412 g/mol. The molecule has 0 bridgehead atoms. The minimum atomic E-state index is -0.133. The van der Waals surface area contributed by atoms with E-state index in [0.29, 0.717) is 6.54 Å². The molecular weight excluding hydrogens is 404 g/mol. The third kappa shape index (κ3) is 3.46. The molecule has 2 amide bonds. The maximum Gasteiger partial charge on any atom is 0.321 e. The van der Waals surface area contributed by atoms with Gasteiger partial charge in [-0.15, -0.1) is 0 Å². The van der Waals surface area contributed by atoms with E-state index in [1.54, 1.807) is 11.9 Å². The molecule has 0 saturated carbocycles. The van der Waals surface area contributed by atoms with Gasteiger partial charge in [0.25, 0.3) is 0 Å². The van der Waals surface area contributed by atoms with Crippen molar-refractivity contribution in [3.8, 4) is 0 Å². The van der Waals surface area contributed by atoms with E-state index in [0.717, 1.165) is 19.1 Å². The van der Waals surface area contributed by atoms with E-state index in [-0.39, 0.29) is 6.03 Å². The second-order valence-electron chi connectivity index (χ2n) is 3.19. The first-order valence-electron chi connectivity index (χ1n) is 4.62. The first kappa shape index (κ1) is 14.0. The lowest BCUT2D eigenvalue weighted by Crippen LogP contribution is -2.31. The van der Waals surface area contributed by atoms with Crippen molar-refractivity contribution in [3.63, 3.8) is 0 Å². The predicted molar refractivity (Wildman–Crippen MR) is 76.9 cm³/mol. The maximum absolute atomic E-state index is 11.7. The van der Waals surface area contributed by atoms with Crippen molar-refractivity contribution >= 4 is 59.5 Å². The summed E-state index contributed by atoms with van der Waals surface area (Å²) >= 11 is 10.2. The van der Waals surface area contributed by atoms with Crippen molar-refractivity contribution in [2.75, 3.05) is 18.9 Å². The van der Waals surface area contributed by atoms with Gasteiger partial charge in [-0.1, -0.05) is 15.9 Å². The van der Waals surface area contributed by atoms with Crippen LogP contribution >= 0.6 is 47.8 Å². The third-order valence-corrected chi connectivity index (χ3v) is 3.77. The van der Waals surface area contributed by atoms with Gasteiger partial charge in [-0.25, -0.2) is 4.79 Å². The smallest absolute Gasteiger partial charge is 0.321 e. The van der Waals surface area contributed by atoms with Crippen molar-refractivity contribution in [2.45, 2.75) is 6.92 Å². The molecule has 16 heavy (non-hydrogen) atoms. The quantitative estimate of drug-likeness (QED) is 0.761. The summed E-state index contributed by atoms with van der Waals surface area (Å²) in [4.78, 5) is 13.3. The molecule has 0 fully saturated rings. The maximum atomic E-state index is 11.7. The number of hydrogen-bond acceptors (Lipinski definition) is 1. The fourth-order valence-corrected chi connectivity index (χ4v) is 3.46. The summed E-state index contributed by atoms with van der Waals surface area (Å²) in [5.74, 6) is 0. The summed E-state index contributed by atoms with van der Waals surface area (Å²) in [6, 6.07) is 3.63. The van der Waals surface area contributed by atoms with Crippen LogP contribution in [0.2, 0.25) is 0 Å². The zero-order chi connectivity index (χ0) is 12.3. The number of benzene rings is 1. The summed E-state index contributed by atoms with van der Waals surface area (Å²) in [7, 11) is 1.75. The van der Waals surface area contributed by atoms with Gasteiger partial charge in [0.15, 0.2) is 0 Å². The average molecular weight is 415 g/mol. The predicted octanol–water partition coefficient (Wildman–Crippen LogP) is 4.46. The highest BCUT2D eigenvalue weighted by atomic mass is 79.9. The Kier molecular flexibility index (Phi) is 5.27. The molecule has 88 valence electrons. The highest BCUT2D eigenvalue weighted by Crippen LogP contribution is 2.34. The first-order valence-corrected chi connectivity index (χ1v) is 7.00. The first-order chi connectivity index (χ1) is 7.45. The van der Waals surface area contributed by atoms with E-state index in [1.165, 1.54) is 0 Å². The average Bonchev–Trinajstić information content (AvgIpc) is 2.21. The number of amides is 2. The van der Waals surface area contributed by atoms with Crippen LogP contribution in [-0.2, 0) is 0 Å². The Morgan fingerprint density at radius 2 is 1.81 bits per heavy atom. The summed E-state index contributed by atoms with van der Waals surface area (Å²) in [6.45, 7) is 2.59. The van der Waals surface area contributed by atoms with E-state index in [1.807, 2.05) is 19.1 Å². The molecule has 0 radical (unpaired) electrons. The van der Waals surface area contributed by atoms with Crippen molar-refractivity contribution in [2.24, 2.45) is 0 Å². The Hall–Kier alpha value is -0.0700. The van der Waals surface area contributed by atoms with Gasteiger partial charge in [-0.3, -0.25) is 0 Å². The molecule has 0 aliphatic carbocycles. The number of halogens is 3. The van der Waals surface area contributed by atoms with Crippen molar-refractivity contribution in [3.05, 3.63) is 25.6 Å². The van der Waals surface area contributed by atoms with Gasteiger partial charge in [0.05, 0.1) is 5.69 Å². The molecule has 6 heteroatoms. The highest BCUT2D eigenvalue weighted by Gasteiger charge is 2.12. The molecule has 0 heterocycles. The van der Waals surface area contributed by atoms with Gasteiger partial charge in [-0.2, -0.15) is 0 Å². The van der Waals surface area contributed by atoms with Gasteiger partial charge in [0.2, 0.25) is 0 Å². The Balaban J connectivity index is 2.93. The van der Waals surface area contributed by atoms with E-state index in [4.69, 9.17) is 0 Å². The molecule has 0 atom stereocenters. The Morgan fingerprint density at radius 1 is 1.31 bits per heavy atom.